The van der Waals surface area contributed by atoms with E-state index in [1.807, 2.05) is 133 Å². The summed E-state index contributed by atoms with van der Waals surface area (Å²) in [6.07, 6.45) is 12.9. The van der Waals surface area contributed by atoms with E-state index < -0.39 is 6.36 Å². The number of fused-ring (bicyclic) bond motifs is 2. The second kappa shape index (κ2) is 51.1. The third-order valence-electron chi connectivity index (χ3n) is 25.4. The molecule has 4 saturated heterocycles. The van der Waals surface area contributed by atoms with Crippen molar-refractivity contribution in [1.29, 1.82) is 0 Å². The van der Waals surface area contributed by atoms with Crippen molar-refractivity contribution in [3.63, 3.8) is 0 Å². The number of hydrogen-bond donors (Lipinski definition) is 1. The molecule has 1 N–H and O–H groups in total. The van der Waals surface area contributed by atoms with E-state index in [9.17, 15) is 37.1 Å². The third kappa shape index (κ3) is 31.6. The highest BCUT2D eigenvalue weighted by Gasteiger charge is 2.51. The minimum absolute atomic E-state index is 0.0278. The van der Waals surface area contributed by atoms with Gasteiger partial charge in [0, 0.05) is 119 Å². The standard InChI is InChI=1S/C23H25Cl3N2OS.C22H26Cl2N2OS.2C20H22Cl2N2OS.C20H21F3N2O2S/c1-22(2)9-15-10-23(3,12-22)13-28(15)21(29)19-6-4-5-14(27-19)11-30-20-8-17(25)16(24)7-18(20)26;1-4-16-9-8-15(3)26(12-16)22(27)20-7-5-6-17(25-20)13-28-21-11-18(23)14(2)10-19(21)24;1-12-9-16(21)17(22)10-19(12)26-11-15-5-4-6-18(23-15)20(25)24-13(2)7-8-14(24)3;1-13-10-17(22)19(11-16(13)21)26-12-15-7-5-8-18(23-15)20(25)24-9-4-3-6-14(24)2;21-20(22,23)27-16-9-5-10-17(12-16)28-13-15-8-4-11-18(24-15)19(26)25-14-6-2-1-3-7-14/h4-8,15H,9-13H2,1-3H3;5-7,10-11,15-16H,4,8-9,12-13H2,1-3H3;4-6,9-10,13-14H,7-8,11H2,1-3H3;5,7-8,10-11,14H,3-4,6,9,12H2,1-2H3;4-5,8-12,14H,1-3,6-7,13H2,(H,25,26)/t15-,23-;;;;/m1..../s1. The van der Waals surface area contributed by atoms with Crippen molar-refractivity contribution < 1.29 is 41.9 Å². The molecule has 4 aliphatic heterocycles. The van der Waals surface area contributed by atoms with Crippen molar-refractivity contribution in [2.24, 2.45) is 16.7 Å². The molecule has 736 valence electrons. The van der Waals surface area contributed by atoms with Crippen LogP contribution in [0.15, 0.2) is 188 Å². The molecule has 10 aromatic rings. The molecule has 0 spiro atoms. The summed E-state index contributed by atoms with van der Waals surface area (Å²) in [4.78, 5) is 99.6. The summed E-state index contributed by atoms with van der Waals surface area (Å²) in [6.45, 7) is 25.9. The molecular weight excluding hydrogens is 2030 g/mol. The summed E-state index contributed by atoms with van der Waals surface area (Å²) in [5, 5.41) is 8.39. The fraction of sp³-hybridized carbons (Fsp3) is 0.429. The number of ether oxygens (including phenoxy) is 1. The molecule has 138 heavy (non-hydrogen) atoms. The second-order valence-electron chi connectivity index (χ2n) is 37.3. The lowest BCUT2D eigenvalue weighted by atomic mass is 9.65. The topological polar surface area (TPSA) is 184 Å². The quantitative estimate of drug-likeness (QED) is 0.0471. The first kappa shape index (κ1) is 110. The molecule has 16 rings (SSSR count). The number of piperidine rings is 2. The molecular formula is C105H116Cl9F3N10O6S5. The van der Waals surface area contributed by atoms with Crippen LogP contribution in [-0.2, 0) is 28.8 Å². The monoisotopic (exact) mass is 2140 g/mol. The summed E-state index contributed by atoms with van der Waals surface area (Å²) < 4.78 is 40.9. The van der Waals surface area contributed by atoms with Crippen molar-refractivity contribution >= 4 is 193 Å². The molecule has 2 bridgehead atoms. The Kier molecular flexibility index (Phi) is 40.7. The number of aryl methyl sites for hydroxylation is 3. The lowest BCUT2D eigenvalue weighted by Crippen LogP contribution is -2.45. The molecule has 9 heterocycles. The minimum Gasteiger partial charge on any atom is -0.406 e. The van der Waals surface area contributed by atoms with E-state index in [0.717, 1.165) is 162 Å². The van der Waals surface area contributed by atoms with Crippen LogP contribution in [0.1, 0.15) is 256 Å². The van der Waals surface area contributed by atoms with Gasteiger partial charge in [0.2, 0.25) is 0 Å². The van der Waals surface area contributed by atoms with Crippen LogP contribution >= 0.6 is 163 Å². The van der Waals surface area contributed by atoms with E-state index in [0.29, 0.717) is 125 Å². The number of nitrogens with one attached hydrogen (secondary N) is 1. The molecule has 33 heteroatoms. The molecule has 2 aliphatic carbocycles. The van der Waals surface area contributed by atoms with Crippen LogP contribution < -0.4 is 10.1 Å². The van der Waals surface area contributed by atoms with Gasteiger partial charge >= 0.3 is 6.36 Å². The predicted octanol–water partition coefficient (Wildman–Crippen LogP) is 31.4. The van der Waals surface area contributed by atoms with Gasteiger partial charge in [0.25, 0.3) is 29.5 Å². The zero-order chi connectivity index (χ0) is 99.5. The highest BCUT2D eigenvalue weighted by molar-refractivity contribution is 7.99. The molecule has 5 unspecified atom stereocenters. The Bertz CT molecular complexity index is 5940. The van der Waals surface area contributed by atoms with Gasteiger partial charge in [-0.05, 0) is 286 Å². The number of likely N-dealkylation sites (tertiary alicyclic amines) is 4. The van der Waals surface area contributed by atoms with E-state index in [2.05, 4.69) is 95.3 Å². The Labute approximate surface area is 876 Å². The van der Waals surface area contributed by atoms with Gasteiger partial charge in [-0.25, -0.2) is 24.9 Å². The molecule has 16 nitrogen and oxygen atoms in total. The predicted molar refractivity (Wildman–Crippen MR) is 564 cm³/mol. The van der Waals surface area contributed by atoms with Crippen molar-refractivity contribution in [2.45, 2.75) is 275 Å². The van der Waals surface area contributed by atoms with Crippen LogP contribution in [0.5, 0.6) is 5.75 Å². The fourth-order valence-corrected chi connectivity index (χ4v) is 25.2. The zero-order valence-electron chi connectivity index (χ0n) is 79.2. The van der Waals surface area contributed by atoms with Gasteiger partial charge in [0.1, 0.15) is 34.2 Å². The fourth-order valence-electron chi connectivity index (χ4n) is 18.4. The van der Waals surface area contributed by atoms with E-state index in [1.54, 1.807) is 83.8 Å². The molecule has 7 atom stereocenters. The Hall–Kier alpha value is -6.85. The Morgan fingerprint density at radius 1 is 0.420 bits per heavy atom. The number of thioether (sulfide) groups is 5. The van der Waals surface area contributed by atoms with Gasteiger partial charge in [-0.1, -0.05) is 194 Å². The highest BCUT2D eigenvalue weighted by Crippen LogP contribution is 2.53. The number of carbonyl (C=O) groups is 5. The number of amides is 5. The smallest absolute Gasteiger partial charge is 0.406 e. The number of pyridine rings is 5. The number of halogens is 12. The minimum atomic E-state index is -4.72. The maximum atomic E-state index is 13.3. The Balaban J connectivity index is 0.000000155. The third-order valence-corrected chi connectivity index (χ3v) is 34.4. The summed E-state index contributed by atoms with van der Waals surface area (Å²) in [7, 11) is 0. The number of rotatable bonds is 23. The number of aromatic nitrogens is 5. The highest BCUT2D eigenvalue weighted by atomic mass is 35.5. The van der Waals surface area contributed by atoms with Crippen LogP contribution in [0.25, 0.3) is 0 Å². The van der Waals surface area contributed by atoms with Gasteiger partial charge in [-0.2, -0.15) is 0 Å². The van der Waals surface area contributed by atoms with Crippen molar-refractivity contribution in [2.75, 3.05) is 19.6 Å². The molecule has 2 saturated carbocycles. The number of alkyl halides is 3. The lowest BCUT2D eigenvalue weighted by Gasteiger charge is -2.39. The van der Waals surface area contributed by atoms with Gasteiger partial charge in [0.15, 0.2) is 0 Å². The van der Waals surface area contributed by atoms with E-state index in [-0.39, 0.29) is 76.3 Å². The van der Waals surface area contributed by atoms with Crippen LogP contribution in [0, 0.1) is 37.5 Å². The number of carbonyl (C=O) groups excluding carboxylic acids is 5. The van der Waals surface area contributed by atoms with E-state index >= 15 is 0 Å². The van der Waals surface area contributed by atoms with E-state index in [4.69, 9.17) is 104 Å². The second-order valence-corrected chi connectivity index (χ2v) is 46.1. The maximum Gasteiger partial charge on any atom is 0.573 e. The zero-order valence-corrected chi connectivity index (χ0v) is 90.0. The lowest BCUT2D eigenvalue weighted by molar-refractivity contribution is -0.274. The number of hydrogen-bond acceptors (Lipinski definition) is 16. The molecule has 6 fully saturated rings. The van der Waals surface area contributed by atoms with Gasteiger partial charge in [0.05, 0.1) is 63.6 Å². The van der Waals surface area contributed by atoms with Gasteiger partial charge < -0.3 is 29.7 Å². The first-order chi connectivity index (χ1) is 65.6. The summed E-state index contributed by atoms with van der Waals surface area (Å²) in [6, 6.07) is 49.9. The maximum absolute atomic E-state index is 13.3. The Morgan fingerprint density at radius 3 is 1.33 bits per heavy atom. The van der Waals surface area contributed by atoms with Crippen LogP contribution in [0.3, 0.4) is 0 Å². The summed E-state index contributed by atoms with van der Waals surface area (Å²) >= 11 is 63.3. The van der Waals surface area contributed by atoms with Crippen LogP contribution in [0.4, 0.5) is 13.2 Å². The molecule has 5 amide bonds. The van der Waals surface area contributed by atoms with Crippen molar-refractivity contribution in [1.82, 2.24) is 49.8 Å². The molecule has 5 aromatic heterocycles. The first-order valence-electron chi connectivity index (χ1n) is 46.5. The largest absolute Gasteiger partial charge is 0.573 e. The average Bonchev–Trinajstić information content (AvgIpc) is 1.60. The van der Waals surface area contributed by atoms with Gasteiger partial charge in [-0.15, -0.1) is 72.0 Å². The molecule has 6 aliphatic rings. The van der Waals surface area contributed by atoms with Crippen molar-refractivity contribution in [3.8, 4) is 5.75 Å². The Morgan fingerprint density at radius 2 is 0.826 bits per heavy atom. The van der Waals surface area contributed by atoms with E-state index in [1.165, 1.54) is 61.0 Å². The molecule has 0 radical (unpaired) electrons. The summed E-state index contributed by atoms with van der Waals surface area (Å²) in [5.74, 6) is 3.24. The average molecular weight is 2150 g/mol. The first-order valence-corrected chi connectivity index (χ1v) is 54.9. The number of nitrogens with zero attached hydrogens (tertiary/aromatic N) is 9. The summed E-state index contributed by atoms with van der Waals surface area (Å²) in [5.41, 5.74) is 10.0. The molecule has 5 aromatic carbocycles. The number of benzene rings is 5. The SMILES string of the molecule is CC1(C)C[C@@H]2C[C@@](C)(CN2C(=O)c2cccc(CSc3cc(Cl)c(Cl)cc3Cl)n2)C1.CCC1CCC(C)N(C(=O)c2cccc(CSc3cc(Cl)c(C)cc3Cl)n2)C1.Cc1cc(Cl)c(Cl)cc1SCc1cccc(C(=O)N2C(C)CCC2C)n1.Cc1cc(Cl)c(SCc2cccc(C(=O)N3CCCCC3C)n2)cc1Cl.O=C(NC1CCCCC1)c1cccc(CSc2cccc(OC(F)(F)F)c2)n1. The van der Waals surface area contributed by atoms with Crippen molar-refractivity contribution in [3.05, 3.63) is 283 Å². The van der Waals surface area contributed by atoms with Crippen LogP contribution in [-0.4, -0.2) is 136 Å². The normalized spacial score (nSPS) is 19.5. The van der Waals surface area contributed by atoms with Crippen LogP contribution in [0.2, 0.25) is 45.2 Å². The van der Waals surface area contributed by atoms with Gasteiger partial charge in [-0.3, -0.25) is 24.0 Å².